The molecule has 0 aromatic heterocycles. The summed E-state index contributed by atoms with van der Waals surface area (Å²) in [5, 5.41) is 17.6. The van der Waals surface area contributed by atoms with Gasteiger partial charge in [-0.2, -0.15) is 0 Å². The summed E-state index contributed by atoms with van der Waals surface area (Å²) in [5.74, 6) is 0.201. The smallest absolute Gasteiger partial charge is 0.129 e. The second-order valence-electron chi connectivity index (χ2n) is 3.11. The highest BCUT2D eigenvalue weighted by molar-refractivity contribution is 5.75. The van der Waals surface area contributed by atoms with E-state index in [9.17, 15) is 4.79 Å². The van der Waals surface area contributed by atoms with Crippen molar-refractivity contribution >= 4 is 5.78 Å². The molecule has 0 bridgehead atoms. The van der Waals surface area contributed by atoms with E-state index in [0.717, 1.165) is 12.8 Å². The van der Waals surface area contributed by atoms with Crippen LogP contribution in [0.25, 0.3) is 0 Å². The van der Waals surface area contributed by atoms with Gasteiger partial charge in [-0.1, -0.05) is 6.42 Å². The molecule has 1 atom stereocenters. The number of carbonyl (C=O) groups excluding carboxylic acids is 1. The molecule has 0 aliphatic heterocycles. The normalized spacial score (nSPS) is 12.9. The zero-order valence-corrected chi connectivity index (χ0v) is 7.62. The lowest BCUT2D eigenvalue weighted by Gasteiger charge is -2.06. The van der Waals surface area contributed by atoms with Crippen molar-refractivity contribution in [3.8, 4) is 0 Å². The fourth-order valence-electron chi connectivity index (χ4n) is 1.05. The van der Waals surface area contributed by atoms with E-state index >= 15 is 0 Å². The van der Waals surface area contributed by atoms with Crippen LogP contribution >= 0.6 is 0 Å². The highest BCUT2D eigenvalue weighted by Crippen LogP contribution is 2.06. The lowest BCUT2D eigenvalue weighted by molar-refractivity contribution is -0.117. The first-order chi connectivity index (χ1) is 5.66. The molecule has 0 aliphatic carbocycles. The molecule has 0 saturated heterocycles. The van der Waals surface area contributed by atoms with Crippen molar-refractivity contribution in [1.82, 2.24) is 0 Å². The van der Waals surface area contributed by atoms with E-state index in [1.165, 1.54) is 0 Å². The monoisotopic (exact) mass is 174 g/mol. The summed E-state index contributed by atoms with van der Waals surface area (Å²) in [7, 11) is 0. The number of hydrogen-bond acceptors (Lipinski definition) is 3. The van der Waals surface area contributed by atoms with Crippen molar-refractivity contribution in [1.29, 1.82) is 0 Å². The third kappa shape index (κ3) is 7.69. The third-order valence-electron chi connectivity index (χ3n) is 1.78. The molecule has 1 unspecified atom stereocenters. The molecule has 3 heteroatoms. The van der Waals surface area contributed by atoms with Crippen LogP contribution in [0, 0.1) is 0 Å². The largest absolute Gasteiger partial charge is 0.396 e. The fourth-order valence-corrected chi connectivity index (χ4v) is 1.05. The number of rotatable bonds is 7. The van der Waals surface area contributed by atoms with E-state index < -0.39 is 6.10 Å². The van der Waals surface area contributed by atoms with Crippen LogP contribution in [0.1, 0.15) is 39.0 Å². The number of ketones is 1. The summed E-state index contributed by atoms with van der Waals surface area (Å²) < 4.78 is 0. The Hall–Kier alpha value is -0.410. The predicted molar refractivity (Wildman–Crippen MR) is 46.9 cm³/mol. The number of carbonyl (C=O) groups is 1. The van der Waals surface area contributed by atoms with Crippen molar-refractivity contribution < 1.29 is 15.0 Å². The first-order valence-corrected chi connectivity index (χ1v) is 4.45. The molecule has 0 aromatic rings. The van der Waals surface area contributed by atoms with E-state index in [4.69, 9.17) is 10.2 Å². The molecule has 2 N–H and O–H groups in total. The average molecular weight is 174 g/mol. The molecule has 0 aliphatic rings. The summed E-state index contributed by atoms with van der Waals surface area (Å²) in [6, 6.07) is 0. The van der Waals surface area contributed by atoms with Gasteiger partial charge < -0.3 is 15.0 Å². The maximum atomic E-state index is 10.5. The minimum Gasteiger partial charge on any atom is -0.396 e. The molecule has 0 fully saturated rings. The van der Waals surface area contributed by atoms with Gasteiger partial charge in [0, 0.05) is 13.0 Å². The molecule has 0 amide bonds. The lowest BCUT2D eigenvalue weighted by Crippen LogP contribution is -2.08. The first kappa shape index (κ1) is 11.6. The van der Waals surface area contributed by atoms with Gasteiger partial charge in [0.15, 0.2) is 0 Å². The Kier molecular flexibility index (Phi) is 7.00. The van der Waals surface area contributed by atoms with Gasteiger partial charge in [-0.3, -0.25) is 0 Å². The van der Waals surface area contributed by atoms with Gasteiger partial charge in [0.2, 0.25) is 0 Å². The molecule has 0 aromatic carbocycles. The number of Topliss-reactive ketones (excluding diaryl/α,β-unsaturated/α-hetero) is 1. The van der Waals surface area contributed by atoms with Crippen LogP contribution in [0.15, 0.2) is 0 Å². The van der Waals surface area contributed by atoms with Crippen LogP contribution in [-0.4, -0.2) is 28.7 Å². The molecule has 72 valence electrons. The third-order valence-corrected chi connectivity index (χ3v) is 1.78. The minimum absolute atomic E-state index is 0.0356. The lowest BCUT2D eigenvalue weighted by atomic mass is 10.1. The number of aliphatic hydroxyl groups excluding tert-OH is 2. The topological polar surface area (TPSA) is 57.5 Å². The van der Waals surface area contributed by atoms with E-state index in [1.54, 1.807) is 6.92 Å². The van der Waals surface area contributed by atoms with Gasteiger partial charge in [0.1, 0.15) is 5.78 Å². The fraction of sp³-hybridized carbons (Fsp3) is 0.889. The van der Waals surface area contributed by atoms with Crippen molar-refractivity contribution in [3.05, 3.63) is 0 Å². The maximum Gasteiger partial charge on any atom is 0.129 e. The van der Waals surface area contributed by atoms with Gasteiger partial charge in [0.25, 0.3) is 0 Å². The molecule has 0 spiro atoms. The van der Waals surface area contributed by atoms with E-state index in [2.05, 4.69) is 0 Å². The molecule has 12 heavy (non-hydrogen) atoms. The SMILES string of the molecule is CC(=O)CCCCC(O)CCO. The predicted octanol–water partition coefficient (Wildman–Crippen LogP) is 0.879. The molecule has 0 radical (unpaired) electrons. The molecule has 3 nitrogen and oxygen atoms in total. The summed E-state index contributed by atoms with van der Waals surface area (Å²) >= 11 is 0. The molecular formula is C9H18O3. The van der Waals surface area contributed by atoms with E-state index in [0.29, 0.717) is 19.3 Å². The Labute approximate surface area is 73.4 Å². The number of aliphatic hydroxyl groups is 2. The van der Waals surface area contributed by atoms with E-state index in [-0.39, 0.29) is 12.4 Å². The van der Waals surface area contributed by atoms with Crippen LogP contribution < -0.4 is 0 Å². The standard InChI is InChI=1S/C9H18O3/c1-8(11)4-2-3-5-9(12)6-7-10/h9-10,12H,2-7H2,1H3. The van der Waals surface area contributed by atoms with Crippen molar-refractivity contribution in [2.45, 2.75) is 45.1 Å². The number of hydrogen-bond donors (Lipinski definition) is 2. The van der Waals surface area contributed by atoms with Gasteiger partial charge in [0.05, 0.1) is 6.10 Å². The summed E-state index contributed by atoms with van der Waals surface area (Å²) in [6.07, 6.45) is 3.04. The average Bonchev–Trinajstić information content (AvgIpc) is 1.98. The molecule has 0 saturated carbocycles. The van der Waals surface area contributed by atoms with Gasteiger partial charge in [-0.05, 0) is 26.2 Å². The summed E-state index contributed by atoms with van der Waals surface area (Å²) in [4.78, 5) is 10.5. The molecule has 0 heterocycles. The van der Waals surface area contributed by atoms with Gasteiger partial charge in [-0.15, -0.1) is 0 Å². The van der Waals surface area contributed by atoms with Gasteiger partial charge in [-0.25, -0.2) is 0 Å². The molecule has 0 rings (SSSR count). The Balaban J connectivity index is 3.13. The highest BCUT2D eigenvalue weighted by Gasteiger charge is 2.02. The van der Waals surface area contributed by atoms with Gasteiger partial charge >= 0.3 is 0 Å². The van der Waals surface area contributed by atoms with Crippen molar-refractivity contribution in [2.75, 3.05) is 6.61 Å². The Bertz CT molecular complexity index is 123. The second kappa shape index (κ2) is 7.25. The quantitative estimate of drug-likeness (QED) is 0.563. The highest BCUT2D eigenvalue weighted by atomic mass is 16.3. The minimum atomic E-state index is -0.401. The van der Waals surface area contributed by atoms with E-state index in [1.807, 2.05) is 0 Å². The summed E-state index contributed by atoms with van der Waals surface area (Å²) in [6.45, 7) is 1.61. The maximum absolute atomic E-state index is 10.5. The van der Waals surface area contributed by atoms with Crippen molar-refractivity contribution in [3.63, 3.8) is 0 Å². The zero-order valence-electron chi connectivity index (χ0n) is 7.62. The first-order valence-electron chi connectivity index (χ1n) is 4.45. The van der Waals surface area contributed by atoms with Crippen LogP contribution in [-0.2, 0) is 4.79 Å². The Morgan fingerprint density at radius 1 is 1.33 bits per heavy atom. The second-order valence-corrected chi connectivity index (χ2v) is 3.11. The zero-order chi connectivity index (χ0) is 9.40. The Morgan fingerprint density at radius 3 is 2.50 bits per heavy atom. The van der Waals surface area contributed by atoms with Crippen LogP contribution in [0.3, 0.4) is 0 Å². The summed E-state index contributed by atoms with van der Waals surface area (Å²) in [5.41, 5.74) is 0. The molecular weight excluding hydrogens is 156 g/mol. The van der Waals surface area contributed by atoms with Crippen LogP contribution in [0.5, 0.6) is 0 Å². The van der Waals surface area contributed by atoms with Crippen LogP contribution in [0.4, 0.5) is 0 Å². The Morgan fingerprint density at radius 2 is 2.00 bits per heavy atom. The number of unbranched alkanes of at least 4 members (excludes halogenated alkanes) is 1. The van der Waals surface area contributed by atoms with Crippen LogP contribution in [0.2, 0.25) is 0 Å². The van der Waals surface area contributed by atoms with Crippen molar-refractivity contribution in [2.24, 2.45) is 0 Å².